The van der Waals surface area contributed by atoms with Crippen molar-refractivity contribution in [2.45, 2.75) is 6.42 Å². The zero-order valence-electron chi connectivity index (χ0n) is 10.5. The molecular formula is C13H12N2O5. The van der Waals surface area contributed by atoms with Crippen LogP contribution in [0.15, 0.2) is 24.3 Å². The molecule has 0 spiro atoms. The maximum atomic E-state index is 11.8. The first-order chi connectivity index (χ1) is 9.50. The molecule has 1 aromatic rings. The minimum atomic E-state index is -1.14. The van der Waals surface area contributed by atoms with Crippen LogP contribution in [0, 0.1) is 0 Å². The lowest BCUT2D eigenvalue weighted by molar-refractivity contribution is -0.137. The van der Waals surface area contributed by atoms with E-state index < -0.39 is 30.1 Å². The first-order valence-electron chi connectivity index (χ1n) is 5.94. The molecule has 1 heterocycles. The van der Waals surface area contributed by atoms with E-state index in [0.717, 1.165) is 0 Å². The molecule has 104 valence electrons. The van der Waals surface area contributed by atoms with Gasteiger partial charge in [0.25, 0.3) is 11.7 Å². The Morgan fingerprint density at radius 3 is 2.60 bits per heavy atom. The molecule has 0 aromatic heterocycles. The summed E-state index contributed by atoms with van der Waals surface area (Å²) < 4.78 is 0. The number of benzene rings is 1. The largest absolute Gasteiger partial charge is 0.480 e. The maximum Gasteiger partial charge on any atom is 0.322 e. The number of ketones is 1. The minimum Gasteiger partial charge on any atom is -0.480 e. The Morgan fingerprint density at radius 1 is 1.20 bits per heavy atom. The third-order valence-electron chi connectivity index (χ3n) is 2.88. The summed E-state index contributed by atoms with van der Waals surface area (Å²) in [6.45, 7) is -0.435. The molecule has 20 heavy (non-hydrogen) atoms. The van der Waals surface area contributed by atoms with Gasteiger partial charge in [-0.3, -0.25) is 19.2 Å². The summed E-state index contributed by atoms with van der Waals surface area (Å²) in [5, 5.41) is 10.6. The maximum absolute atomic E-state index is 11.8. The van der Waals surface area contributed by atoms with Crippen LogP contribution < -0.4 is 10.2 Å². The zero-order chi connectivity index (χ0) is 14.7. The van der Waals surface area contributed by atoms with Crippen LogP contribution in [0.5, 0.6) is 0 Å². The molecular weight excluding hydrogens is 264 g/mol. The monoisotopic (exact) mass is 276 g/mol. The number of fused-ring (bicyclic) bond motifs is 1. The number of hydrogen-bond donors (Lipinski definition) is 2. The van der Waals surface area contributed by atoms with E-state index >= 15 is 0 Å². The van der Waals surface area contributed by atoms with Crippen LogP contribution in [0.4, 0.5) is 5.69 Å². The normalized spacial score (nSPS) is 13.3. The Kier molecular flexibility index (Phi) is 3.79. The molecule has 1 aliphatic heterocycles. The molecule has 7 nitrogen and oxygen atoms in total. The van der Waals surface area contributed by atoms with Gasteiger partial charge in [-0.1, -0.05) is 12.1 Å². The number of anilines is 1. The summed E-state index contributed by atoms with van der Waals surface area (Å²) in [7, 11) is 0. The van der Waals surface area contributed by atoms with Gasteiger partial charge in [0.2, 0.25) is 5.91 Å². The molecule has 0 atom stereocenters. The van der Waals surface area contributed by atoms with E-state index in [1.165, 1.54) is 4.90 Å². The highest BCUT2D eigenvalue weighted by Gasteiger charge is 2.35. The Balaban J connectivity index is 2.00. The number of aliphatic carboxylic acids is 1. The van der Waals surface area contributed by atoms with E-state index in [9.17, 15) is 19.2 Å². The first kappa shape index (κ1) is 13.7. The van der Waals surface area contributed by atoms with Gasteiger partial charge >= 0.3 is 5.97 Å². The molecule has 2 amide bonds. The second-order valence-electron chi connectivity index (χ2n) is 4.22. The van der Waals surface area contributed by atoms with E-state index in [4.69, 9.17) is 5.11 Å². The van der Waals surface area contributed by atoms with Gasteiger partial charge in [-0.2, -0.15) is 0 Å². The summed E-state index contributed by atoms with van der Waals surface area (Å²) in [5.41, 5.74) is 0.803. The Labute approximate surface area is 114 Å². The predicted octanol–water partition coefficient (Wildman–Crippen LogP) is -0.193. The number of carboxylic acid groups (broad SMARTS) is 1. The van der Waals surface area contributed by atoms with Crippen LogP contribution in [0.1, 0.15) is 16.8 Å². The van der Waals surface area contributed by atoms with Crippen molar-refractivity contribution >= 4 is 29.3 Å². The Bertz CT molecular complexity index is 596. The molecule has 0 saturated heterocycles. The van der Waals surface area contributed by atoms with Crippen LogP contribution in [-0.4, -0.2) is 41.8 Å². The van der Waals surface area contributed by atoms with E-state index in [1.807, 2.05) is 0 Å². The fourth-order valence-corrected chi connectivity index (χ4v) is 1.95. The van der Waals surface area contributed by atoms with Crippen molar-refractivity contribution in [2.75, 3.05) is 18.0 Å². The number of rotatable bonds is 5. The number of carbonyl (C=O) groups excluding carboxylic acids is 3. The van der Waals surface area contributed by atoms with Gasteiger partial charge in [-0.05, 0) is 12.1 Å². The van der Waals surface area contributed by atoms with Crippen molar-refractivity contribution in [1.29, 1.82) is 0 Å². The van der Waals surface area contributed by atoms with Crippen molar-refractivity contribution in [3.8, 4) is 0 Å². The second kappa shape index (κ2) is 5.52. The standard InChI is InChI=1S/C13H12N2O5/c16-10(14-7-11(17)18)5-6-15-9-4-2-1-3-8(9)12(19)13(15)20/h1-4H,5-7H2,(H,14,16)(H,17,18). The molecule has 0 bridgehead atoms. The number of hydrogen-bond acceptors (Lipinski definition) is 4. The molecule has 2 rings (SSSR count). The smallest absolute Gasteiger partial charge is 0.322 e. The third kappa shape index (κ3) is 2.66. The SMILES string of the molecule is O=C(O)CNC(=O)CCN1C(=O)C(=O)c2ccccc21. The van der Waals surface area contributed by atoms with Gasteiger partial charge in [0.05, 0.1) is 11.3 Å². The topological polar surface area (TPSA) is 104 Å². The lowest BCUT2D eigenvalue weighted by atomic mass is 10.1. The van der Waals surface area contributed by atoms with Gasteiger partial charge in [0.1, 0.15) is 6.54 Å². The van der Waals surface area contributed by atoms with Crippen molar-refractivity contribution in [3.63, 3.8) is 0 Å². The quantitative estimate of drug-likeness (QED) is 0.725. The first-order valence-corrected chi connectivity index (χ1v) is 5.94. The molecule has 2 N–H and O–H groups in total. The fraction of sp³-hybridized carbons (Fsp3) is 0.231. The average Bonchev–Trinajstić information content (AvgIpc) is 2.67. The summed E-state index contributed by atoms with van der Waals surface area (Å²) in [4.78, 5) is 46.4. The number of nitrogens with one attached hydrogen (secondary N) is 1. The highest BCUT2D eigenvalue weighted by molar-refractivity contribution is 6.52. The van der Waals surface area contributed by atoms with Crippen molar-refractivity contribution in [3.05, 3.63) is 29.8 Å². The van der Waals surface area contributed by atoms with Gasteiger partial charge in [0.15, 0.2) is 0 Å². The Morgan fingerprint density at radius 2 is 1.90 bits per heavy atom. The van der Waals surface area contributed by atoms with Crippen LogP contribution in [0.2, 0.25) is 0 Å². The lowest BCUT2D eigenvalue weighted by Crippen LogP contribution is -2.35. The van der Waals surface area contributed by atoms with Crippen molar-refractivity contribution in [1.82, 2.24) is 5.32 Å². The fourth-order valence-electron chi connectivity index (χ4n) is 1.95. The number of amides is 2. The number of Topliss-reactive ketones (excluding diaryl/α,β-unsaturated/α-hetero) is 1. The van der Waals surface area contributed by atoms with Crippen LogP contribution in [-0.2, 0) is 14.4 Å². The summed E-state index contributed by atoms with van der Waals surface area (Å²) in [5.74, 6) is -2.89. The minimum absolute atomic E-state index is 0.0348. The summed E-state index contributed by atoms with van der Waals surface area (Å²) in [6.07, 6.45) is -0.0688. The number of carbonyl (C=O) groups is 4. The Hall–Kier alpha value is -2.70. The highest BCUT2D eigenvalue weighted by Crippen LogP contribution is 2.28. The van der Waals surface area contributed by atoms with Gasteiger partial charge in [0, 0.05) is 13.0 Å². The molecule has 1 aromatic carbocycles. The molecule has 0 aliphatic carbocycles. The van der Waals surface area contributed by atoms with Gasteiger partial charge in [-0.25, -0.2) is 0 Å². The molecule has 0 fully saturated rings. The van der Waals surface area contributed by atoms with Crippen molar-refractivity contribution in [2.24, 2.45) is 0 Å². The van der Waals surface area contributed by atoms with Crippen molar-refractivity contribution < 1.29 is 24.3 Å². The highest BCUT2D eigenvalue weighted by atomic mass is 16.4. The number of carboxylic acids is 1. The van der Waals surface area contributed by atoms with E-state index in [1.54, 1.807) is 24.3 Å². The molecule has 1 aliphatic rings. The molecule has 7 heteroatoms. The molecule has 0 unspecified atom stereocenters. The lowest BCUT2D eigenvalue weighted by Gasteiger charge is -2.15. The van der Waals surface area contributed by atoms with E-state index in [2.05, 4.69) is 5.32 Å². The molecule has 0 radical (unpaired) electrons. The van der Waals surface area contributed by atoms with Crippen LogP contribution in [0.25, 0.3) is 0 Å². The summed E-state index contributed by atoms with van der Waals surface area (Å²) >= 11 is 0. The zero-order valence-corrected chi connectivity index (χ0v) is 10.5. The van der Waals surface area contributed by atoms with Gasteiger partial charge in [-0.15, -0.1) is 0 Å². The number of nitrogens with zero attached hydrogens (tertiary/aromatic N) is 1. The van der Waals surface area contributed by atoms with E-state index in [0.29, 0.717) is 11.3 Å². The third-order valence-corrected chi connectivity index (χ3v) is 2.88. The number of para-hydroxylation sites is 1. The average molecular weight is 276 g/mol. The summed E-state index contributed by atoms with van der Waals surface area (Å²) in [6, 6.07) is 6.54. The van der Waals surface area contributed by atoms with Crippen LogP contribution >= 0.6 is 0 Å². The predicted molar refractivity (Wildman–Crippen MR) is 68.4 cm³/mol. The molecule has 0 saturated carbocycles. The van der Waals surface area contributed by atoms with Gasteiger partial charge < -0.3 is 15.3 Å². The second-order valence-corrected chi connectivity index (χ2v) is 4.22. The van der Waals surface area contributed by atoms with E-state index in [-0.39, 0.29) is 13.0 Å². The van der Waals surface area contributed by atoms with Crippen LogP contribution in [0.3, 0.4) is 0 Å².